The zero-order valence-corrected chi connectivity index (χ0v) is 17.4. The lowest BCUT2D eigenvalue weighted by molar-refractivity contribution is -0.384. The first-order valence-electron chi connectivity index (χ1n) is 9.08. The summed E-state index contributed by atoms with van der Waals surface area (Å²) in [5.41, 5.74) is 5.35. The predicted octanol–water partition coefficient (Wildman–Crippen LogP) is 3.35. The van der Waals surface area contributed by atoms with E-state index in [2.05, 4.69) is 28.8 Å². The van der Waals surface area contributed by atoms with Crippen molar-refractivity contribution in [3.05, 3.63) is 63.2 Å². The highest BCUT2D eigenvalue weighted by Gasteiger charge is 2.11. The van der Waals surface area contributed by atoms with Crippen molar-refractivity contribution in [2.24, 2.45) is 5.10 Å². The van der Waals surface area contributed by atoms with Gasteiger partial charge in [0.15, 0.2) is 5.11 Å². The summed E-state index contributed by atoms with van der Waals surface area (Å²) in [6.07, 6.45) is 2.35. The molecule has 0 bridgehead atoms. The van der Waals surface area contributed by atoms with E-state index >= 15 is 0 Å². The number of non-ortho nitro benzene ring substituents is 1. The largest absolute Gasteiger partial charge is 0.490 e. The predicted molar refractivity (Wildman–Crippen MR) is 117 cm³/mol. The van der Waals surface area contributed by atoms with Crippen LogP contribution in [0.4, 0.5) is 5.69 Å². The first kappa shape index (κ1) is 22.1. The molecule has 0 aliphatic carbocycles. The summed E-state index contributed by atoms with van der Waals surface area (Å²) < 4.78 is 11.5. The van der Waals surface area contributed by atoms with Gasteiger partial charge in [0, 0.05) is 24.7 Å². The van der Waals surface area contributed by atoms with Crippen LogP contribution in [-0.2, 0) is 6.42 Å². The molecule has 0 aliphatic heterocycles. The van der Waals surface area contributed by atoms with Gasteiger partial charge in [0.1, 0.15) is 24.7 Å². The molecule has 0 heterocycles. The number of thiocarbonyl (C=S) groups is 1. The Morgan fingerprint density at radius 1 is 1.24 bits per heavy atom. The van der Waals surface area contributed by atoms with Gasteiger partial charge in [0.2, 0.25) is 0 Å². The molecule has 2 N–H and O–H groups in total. The van der Waals surface area contributed by atoms with Crippen LogP contribution in [0, 0.1) is 17.0 Å². The van der Waals surface area contributed by atoms with Crippen LogP contribution in [0.15, 0.2) is 41.5 Å². The fraction of sp³-hybridized carbons (Fsp3) is 0.300. The number of hydrogen-bond donors (Lipinski definition) is 2. The lowest BCUT2D eigenvalue weighted by Crippen LogP contribution is -2.28. The van der Waals surface area contributed by atoms with E-state index < -0.39 is 4.92 Å². The minimum absolute atomic E-state index is 0.0573. The number of nitro benzene ring substituents is 1. The molecule has 154 valence electrons. The number of hydrogen-bond acceptors (Lipinski definition) is 6. The van der Waals surface area contributed by atoms with Crippen molar-refractivity contribution in [3.63, 3.8) is 0 Å². The van der Waals surface area contributed by atoms with Gasteiger partial charge in [0.05, 0.1) is 11.1 Å². The van der Waals surface area contributed by atoms with Crippen LogP contribution in [0.5, 0.6) is 11.5 Å². The molecular formula is C20H24N4O4S. The highest BCUT2D eigenvalue weighted by atomic mass is 32.1. The van der Waals surface area contributed by atoms with Gasteiger partial charge in [0.25, 0.3) is 5.69 Å². The molecule has 29 heavy (non-hydrogen) atoms. The van der Waals surface area contributed by atoms with Crippen LogP contribution in [0.25, 0.3) is 0 Å². The Bertz CT molecular complexity index is 902. The summed E-state index contributed by atoms with van der Waals surface area (Å²) in [6.45, 7) is 4.73. The average Bonchev–Trinajstić information content (AvgIpc) is 2.71. The van der Waals surface area contributed by atoms with Gasteiger partial charge in [-0.05, 0) is 54.9 Å². The molecule has 0 radical (unpaired) electrons. The van der Waals surface area contributed by atoms with Crippen molar-refractivity contribution < 1.29 is 14.4 Å². The number of nitrogens with zero attached hydrogens (tertiary/aromatic N) is 2. The topological polar surface area (TPSA) is 98.0 Å². The van der Waals surface area contributed by atoms with E-state index in [-0.39, 0.29) is 12.3 Å². The van der Waals surface area contributed by atoms with Crippen molar-refractivity contribution >= 4 is 29.2 Å². The van der Waals surface area contributed by atoms with Crippen LogP contribution < -0.4 is 20.2 Å². The Kier molecular flexibility index (Phi) is 8.35. The zero-order chi connectivity index (χ0) is 21.2. The van der Waals surface area contributed by atoms with Gasteiger partial charge >= 0.3 is 0 Å². The van der Waals surface area contributed by atoms with Crippen molar-refractivity contribution in [2.45, 2.75) is 20.3 Å². The van der Waals surface area contributed by atoms with E-state index in [1.807, 2.05) is 19.1 Å². The Labute approximate surface area is 175 Å². The Morgan fingerprint density at radius 2 is 2.00 bits per heavy atom. The van der Waals surface area contributed by atoms with Crippen molar-refractivity contribution in [2.75, 3.05) is 20.3 Å². The Morgan fingerprint density at radius 3 is 2.69 bits per heavy atom. The van der Waals surface area contributed by atoms with Gasteiger partial charge < -0.3 is 14.8 Å². The SMILES string of the molecule is CCc1cc(C)cc(OCCOc2ccc([N+](=O)[O-])cc2C=NNC(=S)NC)c1. The van der Waals surface area contributed by atoms with Gasteiger partial charge in [-0.3, -0.25) is 15.5 Å². The van der Waals surface area contributed by atoms with Gasteiger partial charge in [-0.1, -0.05) is 13.0 Å². The van der Waals surface area contributed by atoms with Crippen molar-refractivity contribution in [1.82, 2.24) is 10.7 Å². The molecule has 0 amide bonds. The molecule has 0 saturated carbocycles. The fourth-order valence-corrected chi connectivity index (χ4v) is 2.57. The third kappa shape index (κ3) is 7.04. The third-order valence-corrected chi connectivity index (χ3v) is 4.22. The molecule has 0 spiro atoms. The highest BCUT2D eigenvalue weighted by molar-refractivity contribution is 7.80. The minimum Gasteiger partial charge on any atom is -0.490 e. The summed E-state index contributed by atoms with van der Waals surface area (Å²) in [4.78, 5) is 10.6. The number of nitrogens with one attached hydrogen (secondary N) is 2. The monoisotopic (exact) mass is 416 g/mol. The summed E-state index contributed by atoms with van der Waals surface area (Å²) in [5.74, 6) is 1.25. The minimum atomic E-state index is -0.473. The molecule has 0 aromatic heterocycles. The molecule has 2 aromatic carbocycles. The number of hydrazone groups is 1. The van der Waals surface area contributed by atoms with E-state index in [1.54, 1.807) is 7.05 Å². The molecule has 0 aliphatic rings. The number of nitro groups is 1. The summed E-state index contributed by atoms with van der Waals surface area (Å²) in [6, 6.07) is 10.4. The molecule has 2 aromatic rings. The molecule has 0 unspecified atom stereocenters. The summed E-state index contributed by atoms with van der Waals surface area (Å²) >= 11 is 4.94. The normalized spacial score (nSPS) is 10.6. The Hall–Kier alpha value is -3.20. The third-order valence-electron chi connectivity index (χ3n) is 3.93. The number of rotatable bonds is 9. The highest BCUT2D eigenvalue weighted by Crippen LogP contribution is 2.23. The van der Waals surface area contributed by atoms with Crippen molar-refractivity contribution in [1.29, 1.82) is 0 Å². The second-order valence-electron chi connectivity index (χ2n) is 6.13. The average molecular weight is 417 g/mol. The van der Waals surface area contributed by atoms with Crippen LogP contribution in [0.2, 0.25) is 0 Å². The first-order valence-corrected chi connectivity index (χ1v) is 9.49. The second kappa shape index (κ2) is 11.0. The van der Waals surface area contributed by atoms with E-state index in [9.17, 15) is 10.1 Å². The lowest BCUT2D eigenvalue weighted by atomic mass is 10.1. The number of benzene rings is 2. The molecule has 0 atom stereocenters. The van der Waals surface area contributed by atoms with Crippen molar-refractivity contribution in [3.8, 4) is 11.5 Å². The van der Waals surface area contributed by atoms with Gasteiger partial charge in [-0.15, -0.1) is 0 Å². The van der Waals surface area contributed by atoms with E-state index in [1.165, 1.54) is 30.0 Å². The van der Waals surface area contributed by atoms with Crippen LogP contribution in [0.1, 0.15) is 23.6 Å². The maximum atomic E-state index is 11.0. The number of aryl methyl sites for hydroxylation is 2. The Balaban J connectivity index is 2.02. The van der Waals surface area contributed by atoms with E-state index in [0.29, 0.717) is 23.0 Å². The maximum absolute atomic E-state index is 11.0. The quantitative estimate of drug-likeness (QED) is 0.213. The number of ether oxygens (including phenoxy) is 2. The van der Waals surface area contributed by atoms with Gasteiger partial charge in [-0.25, -0.2) is 0 Å². The summed E-state index contributed by atoms with van der Waals surface area (Å²) in [5, 5.41) is 18.1. The molecular weight excluding hydrogens is 392 g/mol. The molecule has 2 rings (SSSR count). The van der Waals surface area contributed by atoms with E-state index in [0.717, 1.165) is 17.7 Å². The zero-order valence-electron chi connectivity index (χ0n) is 16.6. The van der Waals surface area contributed by atoms with Gasteiger partial charge in [-0.2, -0.15) is 5.10 Å². The van der Waals surface area contributed by atoms with Crippen LogP contribution in [0.3, 0.4) is 0 Å². The fourth-order valence-electron chi connectivity index (χ4n) is 2.52. The molecule has 0 fully saturated rings. The second-order valence-corrected chi connectivity index (χ2v) is 6.54. The maximum Gasteiger partial charge on any atom is 0.270 e. The lowest BCUT2D eigenvalue weighted by Gasteiger charge is -2.12. The standard InChI is InChI=1S/C20H24N4O4S/c1-4-15-9-14(2)10-18(11-15)27-7-8-28-19-6-5-17(24(25)26)12-16(19)13-22-23-20(29)21-3/h5-6,9-13H,4,7-8H2,1-3H3,(H2,21,23,29). The van der Waals surface area contributed by atoms with Crippen LogP contribution >= 0.6 is 12.2 Å². The summed E-state index contributed by atoms with van der Waals surface area (Å²) in [7, 11) is 1.66. The smallest absolute Gasteiger partial charge is 0.270 e. The van der Waals surface area contributed by atoms with E-state index in [4.69, 9.17) is 21.7 Å². The first-order chi connectivity index (χ1) is 13.9. The van der Waals surface area contributed by atoms with Crippen LogP contribution in [-0.4, -0.2) is 36.5 Å². The molecule has 8 nitrogen and oxygen atoms in total. The molecule has 0 saturated heterocycles. The molecule has 9 heteroatoms.